The van der Waals surface area contributed by atoms with Gasteiger partial charge in [0.1, 0.15) is 6.17 Å². The SMILES string of the molecule is O=C(c1ccco1)N(C1CCN(Cc2ccccc2)CC1)C1C=CN(c2ccccc2)N1. The molecule has 1 amide bonds. The fourth-order valence-electron chi connectivity index (χ4n) is 4.54. The van der Waals surface area contributed by atoms with Crippen molar-refractivity contribution in [2.24, 2.45) is 0 Å². The molecule has 6 heteroatoms. The number of hydrogen-bond acceptors (Lipinski definition) is 5. The van der Waals surface area contributed by atoms with Crippen molar-refractivity contribution in [3.05, 3.63) is 103 Å². The van der Waals surface area contributed by atoms with Crippen LogP contribution in [0.3, 0.4) is 0 Å². The van der Waals surface area contributed by atoms with Crippen LogP contribution in [0.4, 0.5) is 5.69 Å². The summed E-state index contributed by atoms with van der Waals surface area (Å²) in [6.45, 7) is 2.86. The van der Waals surface area contributed by atoms with Gasteiger partial charge in [-0.1, -0.05) is 48.5 Å². The number of hydrazine groups is 1. The minimum absolute atomic E-state index is 0.0754. The van der Waals surface area contributed by atoms with E-state index in [2.05, 4.69) is 40.7 Å². The van der Waals surface area contributed by atoms with Crippen LogP contribution in [-0.2, 0) is 6.54 Å². The van der Waals surface area contributed by atoms with Crippen molar-refractivity contribution < 1.29 is 9.21 Å². The summed E-state index contributed by atoms with van der Waals surface area (Å²) in [5, 5.41) is 1.97. The number of benzene rings is 2. The lowest BCUT2D eigenvalue weighted by atomic mass is 10.0. The second kappa shape index (κ2) is 9.42. The second-order valence-electron chi connectivity index (χ2n) is 8.30. The fourth-order valence-corrected chi connectivity index (χ4v) is 4.54. The largest absolute Gasteiger partial charge is 0.459 e. The average molecular weight is 429 g/mol. The molecule has 2 aromatic carbocycles. The van der Waals surface area contributed by atoms with E-state index in [0.29, 0.717) is 5.76 Å². The molecule has 164 valence electrons. The number of carbonyl (C=O) groups excluding carboxylic acids is 1. The Hall–Kier alpha value is -3.35. The Morgan fingerprint density at radius 2 is 1.69 bits per heavy atom. The first-order chi connectivity index (χ1) is 15.8. The summed E-state index contributed by atoms with van der Waals surface area (Å²) in [7, 11) is 0. The zero-order valence-corrected chi connectivity index (χ0v) is 18.0. The van der Waals surface area contributed by atoms with Crippen molar-refractivity contribution in [2.75, 3.05) is 18.1 Å². The lowest BCUT2D eigenvalue weighted by Gasteiger charge is -2.41. The molecule has 5 rings (SSSR count). The lowest BCUT2D eigenvalue weighted by Crippen LogP contribution is -2.56. The van der Waals surface area contributed by atoms with Crippen molar-refractivity contribution in [3.63, 3.8) is 0 Å². The molecule has 1 saturated heterocycles. The number of carbonyl (C=O) groups is 1. The van der Waals surface area contributed by atoms with Crippen LogP contribution >= 0.6 is 0 Å². The second-order valence-corrected chi connectivity index (χ2v) is 8.30. The molecule has 1 aromatic heterocycles. The average Bonchev–Trinajstić information content (AvgIpc) is 3.55. The number of para-hydroxylation sites is 1. The highest BCUT2D eigenvalue weighted by Crippen LogP contribution is 2.25. The zero-order chi connectivity index (χ0) is 21.8. The number of amides is 1. The number of piperidine rings is 1. The topological polar surface area (TPSA) is 52.0 Å². The minimum Gasteiger partial charge on any atom is -0.459 e. The van der Waals surface area contributed by atoms with E-state index in [4.69, 9.17) is 4.42 Å². The number of rotatable bonds is 6. The number of nitrogens with zero attached hydrogens (tertiary/aromatic N) is 3. The Bertz CT molecular complexity index is 1030. The molecule has 1 fully saturated rings. The summed E-state index contributed by atoms with van der Waals surface area (Å²) < 4.78 is 5.47. The number of nitrogens with one attached hydrogen (secondary N) is 1. The van der Waals surface area contributed by atoms with E-state index in [9.17, 15) is 4.79 Å². The highest BCUT2D eigenvalue weighted by Gasteiger charge is 2.36. The van der Waals surface area contributed by atoms with Gasteiger partial charge >= 0.3 is 0 Å². The number of likely N-dealkylation sites (tertiary alicyclic amines) is 1. The Balaban J connectivity index is 1.29. The highest BCUT2D eigenvalue weighted by atomic mass is 16.3. The Morgan fingerprint density at radius 3 is 2.38 bits per heavy atom. The first-order valence-corrected chi connectivity index (χ1v) is 11.2. The summed E-state index contributed by atoms with van der Waals surface area (Å²) in [6, 6.07) is 24.3. The van der Waals surface area contributed by atoms with Crippen LogP contribution in [0.5, 0.6) is 0 Å². The van der Waals surface area contributed by atoms with Gasteiger partial charge in [0, 0.05) is 31.9 Å². The predicted molar refractivity (Wildman–Crippen MR) is 125 cm³/mol. The standard InChI is InChI=1S/C26H28N4O2/c31-26(24-12-7-19-32-24)30(25-15-18-29(27-25)22-10-5-2-6-11-22)23-13-16-28(17-14-23)20-21-8-3-1-4-9-21/h1-12,15,18-19,23,25,27H,13-14,16-17,20H2. The van der Waals surface area contributed by atoms with E-state index in [-0.39, 0.29) is 18.1 Å². The molecule has 2 aliphatic heterocycles. The molecule has 0 aliphatic carbocycles. The fraction of sp³-hybridized carbons (Fsp3) is 0.269. The summed E-state index contributed by atoms with van der Waals surface area (Å²) in [4.78, 5) is 17.9. The number of anilines is 1. The molecule has 1 atom stereocenters. The van der Waals surface area contributed by atoms with Crippen LogP contribution in [0, 0.1) is 0 Å². The highest BCUT2D eigenvalue weighted by molar-refractivity contribution is 5.92. The van der Waals surface area contributed by atoms with Gasteiger partial charge in [-0.05, 0) is 48.7 Å². The normalized spacial score (nSPS) is 19.4. The van der Waals surface area contributed by atoms with Crippen molar-refractivity contribution in [1.29, 1.82) is 0 Å². The predicted octanol–water partition coefficient (Wildman–Crippen LogP) is 4.25. The Kier molecular flexibility index (Phi) is 6.05. The van der Waals surface area contributed by atoms with Crippen LogP contribution in [0.1, 0.15) is 29.0 Å². The van der Waals surface area contributed by atoms with Crippen LogP contribution in [-0.4, -0.2) is 41.0 Å². The molecule has 1 N–H and O–H groups in total. The van der Waals surface area contributed by atoms with Gasteiger partial charge in [0.05, 0.1) is 12.0 Å². The molecule has 2 aliphatic rings. The van der Waals surface area contributed by atoms with Crippen molar-refractivity contribution >= 4 is 11.6 Å². The van der Waals surface area contributed by atoms with E-state index in [1.807, 2.05) is 52.5 Å². The maximum absolute atomic E-state index is 13.4. The van der Waals surface area contributed by atoms with E-state index < -0.39 is 0 Å². The van der Waals surface area contributed by atoms with Gasteiger partial charge in [-0.3, -0.25) is 14.7 Å². The van der Waals surface area contributed by atoms with Crippen LogP contribution in [0.15, 0.2) is 95.8 Å². The maximum atomic E-state index is 13.4. The Morgan fingerprint density at radius 1 is 0.969 bits per heavy atom. The summed E-state index contributed by atoms with van der Waals surface area (Å²) in [5.74, 6) is 0.304. The van der Waals surface area contributed by atoms with E-state index >= 15 is 0 Å². The third-order valence-corrected chi connectivity index (χ3v) is 6.19. The maximum Gasteiger partial charge on any atom is 0.291 e. The third kappa shape index (κ3) is 4.47. The van der Waals surface area contributed by atoms with Crippen molar-refractivity contribution in [2.45, 2.75) is 31.6 Å². The first-order valence-electron chi connectivity index (χ1n) is 11.2. The van der Waals surface area contributed by atoms with Crippen molar-refractivity contribution in [1.82, 2.24) is 15.2 Å². The van der Waals surface area contributed by atoms with Gasteiger partial charge in [0.2, 0.25) is 0 Å². The molecule has 6 nitrogen and oxygen atoms in total. The van der Waals surface area contributed by atoms with Gasteiger partial charge < -0.3 is 9.32 Å². The molecule has 0 bridgehead atoms. The summed E-state index contributed by atoms with van der Waals surface area (Å²) in [5.41, 5.74) is 5.83. The van der Waals surface area contributed by atoms with E-state index in [1.165, 1.54) is 5.56 Å². The third-order valence-electron chi connectivity index (χ3n) is 6.19. The summed E-state index contributed by atoms with van der Waals surface area (Å²) >= 11 is 0. The molecule has 0 spiro atoms. The van der Waals surface area contributed by atoms with Crippen LogP contribution < -0.4 is 10.4 Å². The first kappa shape index (κ1) is 20.5. The van der Waals surface area contributed by atoms with Crippen LogP contribution in [0.2, 0.25) is 0 Å². The number of hydrogen-bond donors (Lipinski definition) is 1. The molecule has 0 saturated carbocycles. The molecular weight excluding hydrogens is 400 g/mol. The molecule has 0 radical (unpaired) electrons. The Labute approximate surface area is 188 Å². The van der Waals surface area contributed by atoms with E-state index in [0.717, 1.165) is 38.2 Å². The summed E-state index contributed by atoms with van der Waals surface area (Å²) in [6.07, 6.45) is 7.23. The van der Waals surface area contributed by atoms with Gasteiger partial charge in [0.25, 0.3) is 5.91 Å². The van der Waals surface area contributed by atoms with Gasteiger partial charge in [-0.25, -0.2) is 5.43 Å². The van der Waals surface area contributed by atoms with Gasteiger partial charge in [0.15, 0.2) is 5.76 Å². The van der Waals surface area contributed by atoms with Gasteiger partial charge in [-0.15, -0.1) is 0 Å². The molecule has 3 aromatic rings. The van der Waals surface area contributed by atoms with Gasteiger partial charge in [-0.2, -0.15) is 0 Å². The monoisotopic (exact) mass is 428 g/mol. The van der Waals surface area contributed by atoms with Crippen molar-refractivity contribution in [3.8, 4) is 0 Å². The quantitative estimate of drug-likeness (QED) is 0.636. The molecule has 1 unspecified atom stereocenters. The molecular formula is C26H28N4O2. The minimum atomic E-state index is -0.224. The number of furan rings is 1. The smallest absolute Gasteiger partial charge is 0.291 e. The lowest BCUT2D eigenvalue weighted by molar-refractivity contribution is 0.0429. The van der Waals surface area contributed by atoms with Crippen LogP contribution in [0.25, 0.3) is 0 Å². The zero-order valence-electron chi connectivity index (χ0n) is 18.0. The van der Waals surface area contributed by atoms with E-state index in [1.54, 1.807) is 18.4 Å². The molecule has 3 heterocycles. The molecule has 32 heavy (non-hydrogen) atoms.